The molecule has 0 bridgehead atoms. The van der Waals surface area contributed by atoms with E-state index < -0.39 is 18.8 Å². The molecule has 0 radical (unpaired) electrons. The summed E-state index contributed by atoms with van der Waals surface area (Å²) >= 11 is 5.84. The summed E-state index contributed by atoms with van der Waals surface area (Å²) in [5.41, 5.74) is -1.08. The molecule has 0 spiro atoms. The van der Waals surface area contributed by atoms with Crippen LogP contribution in [0.3, 0.4) is 0 Å². The largest absolute Gasteiger partial charge is 0.330 e. The van der Waals surface area contributed by atoms with Crippen LogP contribution in [0.2, 0.25) is 5.15 Å². The Balaban J connectivity index is 2.56. The molecule has 1 N–H and O–H groups in total. The second-order valence-electron chi connectivity index (χ2n) is 4.29. The first-order valence-corrected chi connectivity index (χ1v) is 8.90. The summed E-state index contributed by atoms with van der Waals surface area (Å²) in [7, 11) is -3.05. The Morgan fingerprint density at radius 3 is 2.38 bits per heavy atom. The number of H-pyrrole nitrogens is 1. The van der Waals surface area contributed by atoms with Crippen molar-refractivity contribution in [2.24, 2.45) is 0 Å². The number of hydrogen-bond acceptors (Lipinski definition) is 5. The summed E-state index contributed by atoms with van der Waals surface area (Å²) < 4.78 is 23.8. The van der Waals surface area contributed by atoms with Crippen molar-refractivity contribution in [1.82, 2.24) is 9.55 Å². The van der Waals surface area contributed by atoms with E-state index in [1.54, 1.807) is 13.8 Å². The lowest BCUT2D eigenvalue weighted by molar-refractivity contribution is 0.219. The lowest BCUT2D eigenvalue weighted by atomic mass is 10.3. The molecule has 0 aliphatic carbocycles. The SMILES string of the molecule is CCOP(=O)(CCCCn1c(Cl)cc(=O)[nH]c1=O)OCC. The van der Waals surface area contributed by atoms with E-state index >= 15 is 0 Å². The predicted molar refractivity (Wildman–Crippen MR) is 81.3 cm³/mol. The van der Waals surface area contributed by atoms with Gasteiger partial charge in [-0.1, -0.05) is 11.6 Å². The number of nitrogens with one attached hydrogen (secondary N) is 1. The van der Waals surface area contributed by atoms with Crippen LogP contribution in [0.5, 0.6) is 0 Å². The van der Waals surface area contributed by atoms with E-state index in [9.17, 15) is 14.2 Å². The first-order valence-electron chi connectivity index (χ1n) is 6.79. The van der Waals surface area contributed by atoms with Crippen molar-refractivity contribution in [3.8, 4) is 0 Å². The third kappa shape index (κ3) is 5.79. The molecule has 1 heterocycles. The lowest BCUT2D eigenvalue weighted by Crippen LogP contribution is -2.29. The molecule has 0 saturated heterocycles. The number of aromatic nitrogens is 2. The zero-order valence-electron chi connectivity index (χ0n) is 12.1. The van der Waals surface area contributed by atoms with Crippen LogP contribution < -0.4 is 11.2 Å². The molecule has 0 aromatic carbocycles. The maximum Gasteiger partial charge on any atom is 0.330 e. The van der Waals surface area contributed by atoms with Crippen molar-refractivity contribution in [2.45, 2.75) is 33.2 Å². The molecule has 0 aliphatic heterocycles. The summed E-state index contributed by atoms with van der Waals surface area (Å²) in [6.45, 7) is 4.48. The van der Waals surface area contributed by atoms with Crippen molar-refractivity contribution in [1.29, 1.82) is 0 Å². The fourth-order valence-electron chi connectivity index (χ4n) is 1.84. The minimum Gasteiger partial charge on any atom is -0.309 e. The van der Waals surface area contributed by atoms with Gasteiger partial charge < -0.3 is 9.05 Å². The van der Waals surface area contributed by atoms with Crippen LogP contribution in [-0.2, 0) is 20.2 Å². The highest BCUT2D eigenvalue weighted by Gasteiger charge is 2.22. The van der Waals surface area contributed by atoms with Gasteiger partial charge in [-0.15, -0.1) is 0 Å². The second kappa shape index (κ2) is 8.54. The van der Waals surface area contributed by atoms with Gasteiger partial charge in [0.2, 0.25) is 0 Å². The molecule has 0 saturated carbocycles. The Labute approximate surface area is 127 Å². The molecule has 0 unspecified atom stereocenters. The normalized spacial score (nSPS) is 11.8. The van der Waals surface area contributed by atoms with Gasteiger partial charge in [0.25, 0.3) is 5.56 Å². The molecule has 1 aromatic rings. The Morgan fingerprint density at radius 2 is 1.86 bits per heavy atom. The average molecular weight is 339 g/mol. The van der Waals surface area contributed by atoms with E-state index in [-0.39, 0.29) is 11.3 Å². The molecule has 1 rings (SSSR count). The standard InChI is InChI=1S/C12H20ClN2O5P/c1-3-19-21(18,20-4-2)8-6-5-7-15-10(13)9-11(16)14-12(15)17/h9H,3-8H2,1-2H3,(H,14,16,17). The van der Waals surface area contributed by atoms with E-state index in [1.807, 2.05) is 0 Å². The quantitative estimate of drug-likeness (QED) is 0.423. The highest BCUT2D eigenvalue weighted by molar-refractivity contribution is 7.53. The second-order valence-corrected chi connectivity index (χ2v) is 6.86. The van der Waals surface area contributed by atoms with Crippen molar-refractivity contribution in [3.05, 3.63) is 32.1 Å². The highest BCUT2D eigenvalue weighted by Crippen LogP contribution is 2.48. The molecule has 0 fully saturated rings. The van der Waals surface area contributed by atoms with Gasteiger partial charge >= 0.3 is 13.3 Å². The van der Waals surface area contributed by atoms with Crippen LogP contribution in [0.15, 0.2) is 15.7 Å². The summed E-state index contributed by atoms with van der Waals surface area (Å²) in [6, 6.07) is 1.15. The number of unbranched alkanes of at least 4 members (excludes halogenated alkanes) is 1. The van der Waals surface area contributed by atoms with Gasteiger partial charge in [0.15, 0.2) is 0 Å². The zero-order chi connectivity index (χ0) is 15.9. The molecule has 21 heavy (non-hydrogen) atoms. The van der Waals surface area contributed by atoms with E-state index in [0.29, 0.717) is 32.6 Å². The van der Waals surface area contributed by atoms with Crippen LogP contribution in [0, 0.1) is 0 Å². The summed E-state index contributed by atoms with van der Waals surface area (Å²) in [4.78, 5) is 24.8. The minimum absolute atomic E-state index is 0.0848. The molecule has 9 heteroatoms. The topological polar surface area (TPSA) is 90.4 Å². The lowest BCUT2D eigenvalue weighted by Gasteiger charge is -2.16. The number of halogens is 1. The Morgan fingerprint density at radius 1 is 1.24 bits per heavy atom. The first kappa shape index (κ1) is 18.2. The van der Waals surface area contributed by atoms with Gasteiger partial charge in [0.1, 0.15) is 5.15 Å². The molecular formula is C12H20ClN2O5P. The Kier molecular flexibility index (Phi) is 7.39. The van der Waals surface area contributed by atoms with Crippen LogP contribution >= 0.6 is 19.2 Å². The highest BCUT2D eigenvalue weighted by atomic mass is 35.5. The summed E-state index contributed by atoms with van der Waals surface area (Å²) in [5, 5.41) is 0.0848. The number of nitrogens with zero attached hydrogens (tertiary/aromatic N) is 1. The van der Waals surface area contributed by atoms with Gasteiger partial charge in [0.05, 0.1) is 19.4 Å². The van der Waals surface area contributed by atoms with Crippen molar-refractivity contribution in [2.75, 3.05) is 19.4 Å². The molecule has 1 aromatic heterocycles. The van der Waals surface area contributed by atoms with Crippen molar-refractivity contribution in [3.63, 3.8) is 0 Å². The van der Waals surface area contributed by atoms with Crippen molar-refractivity contribution < 1.29 is 13.6 Å². The monoisotopic (exact) mass is 338 g/mol. The Bertz CT molecular complexity index is 602. The zero-order valence-corrected chi connectivity index (χ0v) is 13.8. The molecule has 7 nitrogen and oxygen atoms in total. The van der Waals surface area contributed by atoms with E-state index in [2.05, 4.69) is 4.98 Å². The fraction of sp³-hybridized carbons (Fsp3) is 0.667. The Hall–Kier alpha value is -0.880. The van der Waals surface area contributed by atoms with Gasteiger partial charge in [0, 0.05) is 12.6 Å². The van der Waals surface area contributed by atoms with E-state index in [4.69, 9.17) is 20.6 Å². The maximum atomic E-state index is 12.2. The third-order valence-corrected chi connectivity index (χ3v) is 5.18. The van der Waals surface area contributed by atoms with E-state index in [0.717, 1.165) is 6.07 Å². The van der Waals surface area contributed by atoms with Crippen LogP contribution in [0.1, 0.15) is 26.7 Å². The van der Waals surface area contributed by atoms with E-state index in [1.165, 1.54) is 4.57 Å². The molecule has 0 atom stereocenters. The van der Waals surface area contributed by atoms with Crippen molar-refractivity contribution >= 4 is 19.2 Å². The molecular weight excluding hydrogens is 319 g/mol. The van der Waals surface area contributed by atoms with Gasteiger partial charge in [-0.2, -0.15) is 0 Å². The maximum absolute atomic E-state index is 12.2. The van der Waals surface area contributed by atoms with Gasteiger partial charge in [-0.3, -0.25) is 18.9 Å². The van der Waals surface area contributed by atoms with Crippen LogP contribution in [-0.4, -0.2) is 28.9 Å². The number of hydrogen-bond donors (Lipinski definition) is 1. The summed E-state index contributed by atoms with van der Waals surface area (Å²) in [5.74, 6) is 0. The predicted octanol–water partition coefficient (Wildman–Crippen LogP) is 2.24. The van der Waals surface area contributed by atoms with Gasteiger partial charge in [-0.25, -0.2) is 4.79 Å². The number of aromatic amines is 1. The third-order valence-electron chi connectivity index (χ3n) is 2.70. The smallest absolute Gasteiger partial charge is 0.309 e. The van der Waals surface area contributed by atoms with Gasteiger partial charge in [-0.05, 0) is 26.7 Å². The number of rotatable bonds is 9. The minimum atomic E-state index is -3.05. The molecule has 0 amide bonds. The van der Waals surface area contributed by atoms with Crippen LogP contribution in [0.25, 0.3) is 0 Å². The average Bonchev–Trinajstić information content (AvgIpc) is 2.37. The first-order chi connectivity index (χ1) is 9.91. The molecule has 0 aliphatic rings. The fourth-order valence-corrected chi connectivity index (χ4v) is 3.83. The molecule has 120 valence electrons. The van der Waals surface area contributed by atoms with Crippen LogP contribution in [0.4, 0.5) is 0 Å². The summed E-state index contributed by atoms with van der Waals surface area (Å²) in [6.07, 6.45) is 1.40.